The molecule has 0 saturated heterocycles. The van der Waals surface area contributed by atoms with E-state index in [4.69, 9.17) is 5.11 Å². The molecular formula is C11H12N2O. The second-order valence-corrected chi connectivity index (χ2v) is 3.56. The summed E-state index contributed by atoms with van der Waals surface area (Å²) in [6.45, 7) is 1.62. The smallest absolute Gasteiger partial charge is 0.136 e. The number of aliphatic hydroxyl groups is 1. The number of nitrogens with zero attached hydrogens (tertiary/aromatic N) is 2. The van der Waals surface area contributed by atoms with Crippen LogP contribution in [0.25, 0.3) is 0 Å². The predicted octanol–water partition coefficient (Wildman–Crippen LogP) is 1.09. The lowest BCUT2D eigenvalue weighted by Gasteiger charge is -1.94. The molecule has 3 nitrogen and oxygen atoms in total. The first kappa shape index (κ1) is 9.17. The summed E-state index contributed by atoms with van der Waals surface area (Å²) in [7, 11) is 0. The molecule has 2 rings (SSSR count). The average molecular weight is 188 g/mol. The van der Waals surface area contributed by atoms with Gasteiger partial charge in [-0.2, -0.15) is 5.10 Å². The second kappa shape index (κ2) is 3.77. The van der Waals surface area contributed by atoms with Crippen molar-refractivity contribution in [1.82, 2.24) is 10.2 Å². The van der Waals surface area contributed by atoms with Crippen molar-refractivity contribution in [3.63, 3.8) is 0 Å². The van der Waals surface area contributed by atoms with E-state index in [0.29, 0.717) is 11.6 Å². The molecule has 1 atom stereocenters. The molecule has 0 amide bonds. The molecule has 1 unspecified atom stereocenters. The van der Waals surface area contributed by atoms with Gasteiger partial charge in [-0.3, -0.25) is 0 Å². The lowest BCUT2D eigenvalue weighted by Crippen LogP contribution is -1.95. The van der Waals surface area contributed by atoms with Crippen LogP contribution in [-0.4, -0.2) is 21.4 Å². The van der Waals surface area contributed by atoms with Gasteiger partial charge in [-0.1, -0.05) is 5.92 Å². The third-order valence-electron chi connectivity index (χ3n) is 2.09. The molecule has 1 saturated carbocycles. The highest BCUT2D eigenvalue weighted by atomic mass is 16.3. The van der Waals surface area contributed by atoms with Crippen LogP contribution >= 0.6 is 0 Å². The van der Waals surface area contributed by atoms with Crippen molar-refractivity contribution < 1.29 is 5.11 Å². The van der Waals surface area contributed by atoms with Crippen LogP contribution in [-0.2, 0) is 0 Å². The van der Waals surface area contributed by atoms with Crippen molar-refractivity contribution in [2.24, 2.45) is 0 Å². The zero-order chi connectivity index (χ0) is 9.97. The van der Waals surface area contributed by atoms with E-state index in [9.17, 15) is 0 Å². The molecule has 0 aliphatic heterocycles. The van der Waals surface area contributed by atoms with Gasteiger partial charge in [-0.25, -0.2) is 0 Å². The zero-order valence-electron chi connectivity index (χ0n) is 8.07. The quantitative estimate of drug-likeness (QED) is 0.671. The van der Waals surface area contributed by atoms with Crippen LogP contribution in [0.4, 0.5) is 0 Å². The fourth-order valence-electron chi connectivity index (χ4n) is 1.18. The fraction of sp³-hybridized carbons (Fsp3) is 0.455. The van der Waals surface area contributed by atoms with E-state index in [1.54, 1.807) is 6.92 Å². The summed E-state index contributed by atoms with van der Waals surface area (Å²) in [5.41, 5.74) is 1.68. The number of aliphatic hydroxyl groups excluding tert-OH is 1. The Morgan fingerprint density at radius 3 is 2.71 bits per heavy atom. The molecule has 1 heterocycles. The van der Waals surface area contributed by atoms with Crippen LogP contribution in [0.1, 0.15) is 37.1 Å². The summed E-state index contributed by atoms with van der Waals surface area (Å²) in [5.74, 6) is 6.01. The van der Waals surface area contributed by atoms with Crippen LogP contribution in [0.5, 0.6) is 0 Å². The van der Waals surface area contributed by atoms with Crippen molar-refractivity contribution in [2.75, 3.05) is 0 Å². The van der Waals surface area contributed by atoms with Crippen molar-refractivity contribution in [1.29, 1.82) is 0 Å². The van der Waals surface area contributed by atoms with Crippen LogP contribution in [0.15, 0.2) is 12.1 Å². The monoisotopic (exact) mass is 188 g/mol. The Hall–Kier alpha value is -1.40. The Morgan fingerprint density at radius 2 is 2.21 bits per heavy atom. The lowest BCUT2D eigenvalue weighted by molar-refractivity contribution is 0.253. The largest absolute Gasteiger partial charge is 0.381 e. The minimum absolute atomic E-state index is 0.611. The van der Waals surface area contributed by atoms with Gasteiger partial charge >= 0.3 is 0 Å². The molecule has 0 aromatic carbocycles. The topological polar surface area (TPSA) is 46.0 Å². The maximum absolute atomic E-state index is 8.94. The van der Waals surface area contributed by atoms with E-state index in [1.807, 2.05) is 12.1 Å². The van der Waals surface area contributed by atoms with Crippen molar-refractivity contribution in [2.45, 2.75) is 31.8 Å². The van der Waals surface area contributed by atoms with Crippen LogP contribution in [0.3, 0.4) is 0 Å². The third-order valence-corrected chi connectivity index (χ3v) is 2.09. The Labute approximate surface area is 83.2 Å². The summed E-state index contributed by atoms with van der Waals surface area (Å²) in [6.07, 6.45) is 1.85. The first-order valence-corrected chi connectivity index (χ1v) is 4.79. The highest BCUT2D eigenvalue weighted by molar-refractivity contribution is 5.28. The second-order valence-electron chi connectivity index (χ2n) is 3.56. The van der Waals surface area contributed by atoms with Gasteiger partial charge in [0.15, 0.2) is 0 Å². The molecule has 14 heavy (non-hydrogen) atoms. The van der Waals surface area contributed by atoms with E-state index >= 15 is 0 Å². The Bertz CT molecular complexity index is 369. The zero-order valence-corrected chi connectivity index (χ0v) is 8.07. The van der Waals surface area contributed by atoms with Gasteiger partial charge in [0.2, 0.25) is 0 Å². The fourth-order valence-corrected chi connectivity index (χ4v) is 1.18. The summed E-state index contributed by atoms with van der Waals surface area (Å²) < 4.78 is 0. The van der Waals surface area contributed by atoms with E-state index in [1.165, 1.54) is 12.8 Å². The molecule has 1 fully saturated rings. The molecule has 1 aromatic heterocycles. The Balaban J connectivity index is 2.10. The maximum atomic E-state index is 8.94. The van der Waals surface area contributed by atoms with Gasteiger partial charge in [-0.15, -0.1) is 5.10 Å². The average Bonchev–Trinajstić information content (AvgIpc) is 2.99. The number of aromatic nitrogens is 2. The van der Waals surface area contributed by atoms with Gasteiger partial charge in [0.25, 0.3) is 0 Å². The van der Waals surface area contributed by atoms with Crippen LogP contribution < -0.4 is 0 Å². The SMILES string of the molecule is CC(O)C#Cc1ccc(C2CC2)nn1. The Kier molecular flexibility index (Phi) is 2.47. The van der Waals surface area contributed by atoms with E-state index < -0.39 is 6.10 Å². The van der Waals surface area contributed by atoms with E-state index in [2.05, 4.69) is 22.0 Å². The van der Waals surface area contributed by atoms with E-state index in [0.717, 1.165) is 5.69 Å². The molecule has 72 valence electrons. The summed E-state index contributed by atoms with van der Waals surface area (Å²) in [4.78, 5) is 0. The normalized spacial score (nSPS) is 17.0. The predicted molar refractivity (Wildman–Crippen MR) is 52.6 cm³/mol. The minimum atomic E-state index is -0.611. The van der Waals surface area contributed by atoms with Crippen LogP contribution in [0, 0.1) is 11.8 Å². The lowest BCUT2D eigenvalue weighted by atomic mass is 10.2. The maximum Gasteiger partial charge on any atom is 0.136 e. The number of rotatable bonds is 1. The van der Waals surface area contributed by atoms with Crippen molar-refractivity contribution in [3.05, 3.63) is 23.5 Å². The standard InChI is InChI=1S/C11H12N2O/c1-8(14)2-5-10-6-7-11(13-12-10)9-3-4-9/h6-9,14H,3-4H2,1H3. The number of hydrogen-bond acceptors (Lipinski definition) is 3. The molecule has 1 aliphatic carbocycles. The Morgan fingerprint density at radius 1 is 1.43 bits per heavy atom. The van der Waals surface area contributed by atoms with Gasteiger partial charge in [0.1, 0.15) is 11.8 Å². The summed E-state index contributed by atoms with van der Waals surface area (Å²) in [6, 6.07) is 3.83. The van der Waals surface area contributed by atoms with Crippen molar-refractivity contribution in [3.8, 4) is 11.8 Å². The minimum Gasteiger partial charge on any atom is -0.381 e. The highest BCUT2D eigenvalue weighted by Gasteiger charge is 2.24. The first-order chi connectivity index (χ1) is 6.75. The van der Waals surface area contributed by atoms with E-state index in [-0.39, 0.29) is 0 Å². The highest BCUT2D eigenvalue weighted by Crippen LogP contribution is 2.38. The molecule has 3 heteroatoms. The van der Waals surface area contributed by atoms with Crippen molar-refractivity contribution >= 4 is 0 Å². The molecule has 0 bridgehead atoms. The summed E-state index contributed by atoms with van der Waals surface area (Å²) in [5, 5.41) is 17.0. The molecule has 0 spiro atoms. The molecule has 1 N–H and O–H groups in total. The number of hydrogen-bond donors (Lipinski definition) is 1. The third kappa shape index (κ3) is 2.30. The van der Waals surface area contributed by atoms with Gasteiger partial charge in [0.05, 0.1) is 5.69 Å². The van der Waals surface area contributed by atoms with Gasteiger partial charge < -0.3 is 5.11 Å². The van der Waals surface area contributed by atoms with Gasteiger partial charge in [0, 0.05) is 5.92 Å². The first-order valence-electron chi connectivity index (χ1n) is 4.79. The van der Waals surface area contributed by atoms with Crippen LogP contribution in [0.2, 0.25) is 0 Å². The summed E-state index contributed by atoms with van der Waals surface area (Å²) >= 11 is 0. The molecular weight excluding hydrogens is 176 g/mol. The molecule has 1 aliphatic rings. The molecule has 1 aromatic rings. The molecule has 0 radical (unpaired) electrons. The van der Waals surface area contributed by atoms with Gasteiger partial charge in [-0.05, 0) is 37.8 Å².